The van der Waals surface area contributed by atoms with Gasteiger partial charge in [-0.25, -0.2) is 0 Å². The fourth-order valence-corrected chi connectivity index (χ4v) is 2.21. The number of pyridine rings is 1. The summed E-state index contributed by atoms with van der Waals surface area (Å²) < 4.78 is 5.85. The summed E-state index contributed by atoms with van der Waals surface area (Å²) >= 11 is 0. The van der Waals surface area contributed by atoms with Crippen molar-refractivity contribution in [3.05, 3.63) is 84.2 Å². The van der Waals surface area contributed by atoms with Gasteiger partial charge in [0.15, 0.2) is 0 Å². The molecule has 3 heteroatoms. The van der Waals surface area contributed by atoms with Gasteiger partial charge in [0, 0.05) is 12.7 Å². The Kier molecular flexibility index (Phi) is 6.84. The SMILES string of the molecule is CC.Cc1ncccc1NCc1cccc(Oc2ccccc2)c1. The first-order valence-electron chi connectivity index (χ1n) is 8.28. The van der Waals surface area contributed by atoms with Crippen LogP contribution in [0.4, 0.5) is 5.69 Å². The number of rotatable bonds is 5. The lowest BCUT2D eigenvalue weighted by molar-refractivity contribution is 0.482. The van der Waals surface area contributed by atoms with E-state index >= 15 is 0 Å². The Balaban J connectivity index is 0.00000100. The van der Waals surface area contributed by atoms with E-state index in [0.717, 1.165) is 35.0 Å². The summed E-state index contributed by atoms with van der Waals surface area (Å²) in [6, 6.07) is 21.9. The van der Waals surface area contributed by atoms with Gasteiger partial charge < -0.3 is 10.1 Å². The van der Waals surface area contributed by atoms with Crippen molar-refractivity contribution in [1.82, 2.24) is 4.98 Å². The molecule has 0 saturated carbocycles. The Bertz CT molecular complexity index is 742. The van der Waals surface area contributed by atoms with E-state index in [2.05, 4.69) is 16.4 Å². The maximum atomic E-state index is 5.85. The molecular weight excluding hydrogens is 296 g/mol. The molecule has 1 heterocycles. The molecule has 0 radical (unpaired) electrons. The molecule has 3 nitrogen and oxygen atoms in total. The van der Waals surface area contributed by atoms with Crippen molar-refractivity contribution in [1.29, 1.82) is 0 Å². The lowest BCUT2D eigenvalue weighted by Gasteiger charge is -2.10. The summed E-state index contributed by atoms with van der Waals surface area (Å²) in [6.07, 6.45) is 1.80. The zero-order valence-electron chi connectivity index (χ0n) is 14.5. The molecule has 0 bridgehead atoms. The van der Waals surface area contributed by atoms with Gasteiger partial charge in [0.05, 0.1) is 11.4 Å². The van der Waals surface area contributed by atoms with Gasteiger partial charge in [-0.15, -0.1) is 0 Å². The van der Waals surface area contributed by atoms with Crippen LogP contribution < -0.4 is 10.1 Å². The number of anilines is 1. The molecule has 24 heavy (non-hydrogen) atoms. The van der Waals surface area contributed by atoms with Crippen LogP contribution in [0.25, 0.3) is 0 Å². The minimum Gasteiger partial charge on any atom is -0.457 e. The topological polar surface area (TPSA) is 34.2 Å². The molecule has 0 aliphatic rings. The zero-order chi connectivity index (χ0) is 17.2. The second kappa shape index (κ2) is 9.36. The molecule has 3 aromatic rings. The lowest BCUT2D eigenvalue weighted by Crippen LogP contribution is -2.01. The van der Waals surface area contributed by atoms with Crippen LogP contribution in [-0.4, -0.2) is 4.98 Å². The van der Waals surface area contributed by atoms with Crippen LogP contribution in [0.15, 0.2) is 72.9 Å². The van der Waals surface area contributed by atoms with Crippen LogP contribution in [0, 0.1) is 6.92 Å². The van der Waals surface area contributed by atoms with E-state index in [-0.39, 0.29) is 0 Å². The normalized spacial score (nSPS) is 9.62. The Morgan fingerprint density at radius 2 is 1.62 bits per heavy atom. The zero-order valence-corrected chi connectivity index (χ0v) is 14.5. The highest BCUT2D eigenvalue weighted by atomic mass is 16.5. The van der Waals surface area contributed by atoms with Crippen LogP contribution >= 0.6 is 0 Å². The van der Waals surface area contributed by atoms with Crippen molar-refractivity contribution < 1.29 is 4.74 Å². The minimum absolute atomic E-state index is 0.735. The summed E-state index contributed by atoms with van der Waals surface area (Å²) in [5.41, 5.74) is 3.22. The molecule has 0 spiro atoms. The molecule has 0 saturated heterocycles. The standard InChI is InChI=1S/C19H18N2O.C2H6/c1-15-19(11-6-12-20-15)21-14-16-7-5-10-18(13-16)22-17-8-3-2-4-9-17;1-2/h2-13,21H,14H2,1H3;1-2H3. The van der Waals surface area contributed by atoms with Gasteiger partial charge in [-0.2, -0.15) is 0 Å². The first-order chi connectivity index (χ1) is 11.8. The fourth-order valence-electron chi connectivity index (χ4n) is 2.21. The molecule has 3 rings (SSSR count). The molecule has 124 valence electrons. The molecule has 0 unspecified atom stereocenters. The maximum absolute atomic E-state index is 5.85. The van der Waals surface area contributed by atoms with Gasteiger partial charge >= 0.3 is 0 Å². The predicted octanol–water partition coefficient (Wildman–Crippen LogP) is 5.82. The van der Waals surface area contributed by atoms with Crippen LogP contribution in [0.1, 0.15) is 25.1 Å². The average molecular weight is 320 g/mol. The third-order valence-electron chi connectivity index (χ3n) is 3.37. The lowest BCUT2D eigenvalue weighted by atomic mass is 10.2. The molecule has 1 aromatic heterocycles. The number of para-hydroxylation sites is 1. The van der Waals surface area contributed by atoms with Crippen LogP contribution in [0.2, 0.25) is 0 Å². The third-order valence-corrected chi connectivity index (χ3v) is 3.37. The molecule has 2 aromatic carbocycles. The number of ether oxygens (including phenoxy) is 1. The molecular formula is C21H24N2O. The highest BCUT2D eigenvalue weighted by Crippen LogP contribution is 2.22. The van der Waals surface area contributed by atoms with Crippen LogP contribution in [-0.2, 0) is 6.54 Å². The van der Waals surface area contributed by atoms with Gasteiger partial charge in [-0.05, 0) is 48.9 Å². The van der Waals surface area contributed by atoms with Crippen molar-refractivity contribution in [3.8, 4) is 11.5 Å². The smallest absolute Gasteiger partial charge is 0.127 e. The molecule has 0 aliphatic carbocycles. The van der Waals surface area contributed by atoms with Crippen molar-refractivity contribution in [2.24, 2.45) is 0 Å². The summed E-state index contributed by atoms with van der Waals surface area (Å²) in [7, 11) is 0. The quantitative estimate of drug-likeness (QED) is 0.643. The summed E-state index contributed by atoms with van der Waals surface area (Å²) in [6.45, 7) is 6.73. The van der Waals surface area contributed by atoms with E-state index in [1.54, 1.807) is 6.20 Å². The van der Waals surface area contributed by atoms with Gasteiger partial charge in [0.1, 0.15) is 11.5 Å². The highest BCUT2D eigenvalue weighted by molar-refractivity contribution is 5.47. The molecule has 0 aliphatic heterocycles. The van der Waals surface area contributed by atoms with Crippen molar-refractivity contribution in [2.75, 3.05) is 5.32 Å². The van der Waals surface area contributed by atoms with E-state index in [0.29, 0.717) is 0 Å². The van der Waals surface area contributed by atoms with Crippen molar-refractivity contribution in [3.63, 3.8) is 0 Å². The number of nitrogens with one attached hydrogen (secondary N) is 1. The molecule has 0 amide bonds. The summed E-state index contributed by atoms with van der Waals surface area (Å²) in [4.78, 5) is 4.28. The van der Waals surface area contributed by atoms with Gasteiger partial charge in [-0.1, -0.05) is 44.2 Å². The Morgan fingerprint density at radius 1 is 0.875 bits per heavy atom. The number of nitrogens with zero attached hydrogens (tertiary/aromatic N) is 1. The van der Waals surface area contributed by atoms with E-state index in [1.165, 1.54) is 0 Å². The number of hydrogen-bond acceptors (Lipinski definition) is 3. The Hall–Kier alpha value is -2.81. The van der Waals surface area contributed by atoms with Crippen molar-refractivity contribution in [2.45, 2.75) is 27.3 Å². The maximum Gasteiger partial charge on any atom is 0.127 e. The second-order valence-corrected chi connectivity index (χ2v) is 5.05. The molecule has 0 atom stereocenters. The monoisotopic (exact) mass is 320 g/mol. The minimum atomic E-state index is 0.735. The molecule has 0 fully saturated rings. The van der Waals surface area contributed by atoms with Crippen LogP contribution in [0.3, 0.4) is 0 Å². The van der Waals surface area contributed by atoms with E-state index in [9.17, 15) is 0 Å². The first-order valence-corrected chi connectivity index (χ1v) is 8.28. The van der Waals surface area contributed by atoms with E-state index in [1.807, 2.05) is 81.4 Å². The second-order valence-electron chi connectivity index (χ2n) is 5.05. The molecule has 1 N–H and O–H groups in total. The third kappa shape index (κ3) is 5.13. The van der Waals surface area contributed by atoms with Crippen LogP contribution in [0.5, 0.6) is 11.5 Å². The van der Waals surface area contributed by atoms with E-state index < -0.39 is 0 Å². The Morgan fingerprint density at radius 3 is 2.38 bits per heavy atom. The first kappa shape index (κ1) is 17.5. The largest absolute Gasteiger partial charge is 0.457 e. The van der Waals surface area contributed by atoms with Gasteiger partial charge in [0.25, 0.3) is 0 Å². The summed E-state index contributed by atoms with van der Waals surface area (Å²) in [5.74, 6) is 1.68. The summed E-state index contributed by atoms with van der Waals surface area (Å²) in [5, 5.41) is 3.40. The fraction of sp³-hybridized carbons (Fsp3) is 0.190. The van der Waals surface area contributed by atoms with Crippen molar-refractivity contribution >= 4 is 5.69 Å². The Labute approximate surface area is 144 Å². The average Bonchev–Trinajstić information content (AvgIpc) is 2.64. The predicted molar refractivity (Wildman–Crippen MR) is 101 cm³/mol. The number of aromatic nitrogens is 1. The number of hydrogen-bond donors (Lipinski definition) is 1. The van der Waals surface area contributed by atoms with Gasteiger partial charge in [-0.3, -0.25) is 4.98 Å². The van der Waals surface area contributed by atoms with Gasteiger partial charge in [0.2, 0.25) is 0 Å². The number of benzene rings is 2. The highest BCUT2D eigenvalue weighted by Gasteiger charge is 2.01. The van der Waals surface area contributed by atoms with E-state index in [4.69, 9.17) is 4.74 Å². The number of aryl methyl sites for hydroxylation is 1.